The van der Waals surface area contributed by atoms with Gasteiger partial charge in [0.25, 0.3) is 5.91 Å². The molecule has 102 valence electrons. The van der Waals surface area contributed by atoms with Crippen molar-refractivity contribution in [2.45, 2.75) is 11.2 Å². The molecule has 2 aromatic rings. The number of halogens is 2. The minimum absolute atomic E-state index is 0.0175. The summed E-state index contributed by atoms with van der Waals surface area (Å²) in [6, 6.07) is 13.8. The minimum atomic E-state index is 0.0175. The summed E-state index contributed by atoms with van der Waals surface area (Å²) in [6.07, 6.45) is 0.898. The molecule has 0 bridgehead atoms. The normalized spacial score (nSPS) is 15.4. The Morgan fingerprint density at radius 3 is 2.55 bits per heavy atom. The molecule has 0 aromatic heterocycles. The highest BCUT2D eigenvalue weighted by atomic mass is 79.9. The standard InChI is InChI=1S/C16H13BrClNO/c17-15(11-3-5-13(18)6-4-11)12-2-1-10-7-8-19-16(20)14(10)9-12/h1-6,9,15H,7-8H2,(H,19,20). The van der Waals surface area contributed by atoms with E-state index in [0.717, 1.165) is 40.2 Å². The molecule has 0 radical (unpaired) electrons. The van der Waals surface area contributed by atoms with E-state index in [1.165, 1.54) is 0 Å². The lowest BCUT2D eigenvalue weighted by Gasteiger charge is -2.19. The number of carbonyl (C=O) groups excluding carboxylic acids is 1. The van der Waals surface area contributed by atoms with Gasteiger partial charge in [-0.1, -0.05) is 51.8 Å². The number of rotatable bonds is 2. The first-order valence-corrected chi connectivity index (χ1v) is 7.75. The highest BCUT2D eigenvalue weighted by Crippen LogP contribution is 2.32. The summed E-state index contributed by atoms with van der Waals surface area (Å²) in [6.45, 7) is 0.722. The second-order valence-electron chi connectivity index (χ2n) is 4.84. The molecule has 1 heterocycles. The van der Waals surface area contributed by atoms with Gasteiger partial charge in [0.2, 0.25) is 0 Å². The van der Waals surface area contributed by atoms with Crippen molar-refractivity contribution in [1.82, 2.24) is 5.32 Å². The number of alkyl halides is 1. The first kappa shape index (κ1) is 13.7. The second kappa shape index (κ2) is 5.58. The number of carbonyl (C=O) groups is 1. The number of amides is 1. The van der Waals surface area contributed by atoms with Gasteiger partial charge in [-0.2, -0.15) is 0 Å². The molecule has 0 fully saturated rings. The van der Waals surface area contributed by atoms with Gasteiger partial charge in [-0.25, -0.2) is 0 Å². The third-order valence-electron chi connectivity index (χ3n) is 3.51. The van der Waals surface area contributed by atoms with Gasteiger partial charge >= 0.3 is 0 Å². The molecule has 1 atom stereocenters. The van der Waals surface area contributed by atoms with E-state index in [9.17, 15) is 4.79 Å². The van der Waals surface area contributed by atoms with Crippen LogP contribution in [-0.2, 0) is 6.42 Å². The predicted molar refractivity (Wildman–Crippen MR) is 84.7 cm³/mol. The summed E-state index contributed by atoms with van der Waals surface area (Å²) in [4.78, 5) is 12.0. The van der Waals surface area contributed by atoms with Gasteiger partial charge in [0.1, 0.15) is 0 Å². The van der Waals surface area contributed by atoms with Gasteiger partial charge in [-0.15, -0.1) is 0 Å². The maximum atomic E-state index is 11.9. The summed E-state index contributed by atoms with van der Waals surface area (Å²) < 4.78 is 0. The third-order valence-corrected chi connectivity index (χ3v) is 4.82. The molecule has 2 aromatic carbocycles. The highest BCUT2D eigenvalue weighted by molar-refractivity contribution is 9.09. The van der Waals surface area contributed by atoms with E-state index in [-0.39, 0.29) is 10.7 Å². The Morgan fingerprint density at radius 1 is 1.10 bits per heavy atom. The topological polar surface area (TPSA) is 29.1 Å². The summed E-state index contributed by atoms with van der Waals surface area (Å²) in [5.74, 6) is 0.0175. The molecule has 1 N–H and O–H groups in total. The molecule has 1 aliphatic rings. The quantitative estimate of drug-likeness (QED) is 0.811. The Hall–Kier alpha value is -1.32. The molecule has 0 aliphatic carbocycles. The van der Waals surface area contributed by atoms with E-state index in [4.69, 9.17) is 11.6 Å². The van der Waals surface area contributed by atoms with Crippen LogP contribution >= 0.6 is 27.5 Å². The van der Waals surface area contributed by atoms with E-state index in [1.807, 2.05) is 36.4 Å². The molecule has 0 spiro atoms. The van der Waals surface area contributed by atoms with Crippen LogP contribution in [0.2, 0.25) is 5.02 Å². The van der Waals surface area contributed by atoms with Crippen LogP contribution in [0.25, 0.3) is 0 Å². The van der Waals surface area contributed by atoms with Crippen LogP contribution in [0.3, 0.4) is 0 Å². The first-order valence-electron chi connectivity index (χ1n) is 6.46. The van der Waals surface area contributed by atoms with E-state index in [1.54, 1.807) is 0 Å². The minimum Gasteiger partial charge on any atom is -0.352 e. The number of fused-ring (bicyclic) bond motifs is 1. The van der Waals surface area contributed by atoms with Crippen LogP contribution < -0.4 is 5.32 Å². The Balaban J connectivity index is 1.96. The summed E-state index contributed by atoms with van der Waals surface area (Å²) in [5, 5.41) is 3.60. The van der Waals surface area contributed by atoms with Crippen molar-refractivity contribution in [3.05, 3.63) is 69.7 Å². The van der Waals surface area contributed by atoms with Gasteiger partial charge in [0.05, 0.1) is 4.83 Å². The molecule has 3 rings (SSSR count). The predicted octanol–water partition coefficient (Wildman–Crippen LogP) is 4.11. The zero-order chi connectivity index (χ0) is 14.1. The second-order valence-corrected chi connectivity index (χ2v) is 6.19. The number of nitrogens with one attached hydrogen (secondary N) is 1. The molecule has 20 heavy (non-hydrogen) atoms. The highest BCUT2D eigenvalue weighted by Gasteiger charge is 2.19. The van der Waals surface area contributed by atoms with Crippen molar-refractivity contribution < 1.29 is 4.79 Å². The SMILES string of the molecule is O=C1NCCc2ccc(C(Br)c3ccc(Cl)cc3)cc21. The van der Waals surface area contributed by atoms with Crippen LogP contribution in [-0.4, -0.2) is 12.5 Å². The summed E-state index contributed by atoms with van der Waals surface area (Å²) in [5.41, 5.74) is 4.09. The van der Waals surface area contributed by atoms with Crippen LogP contribution in [0.5, 0.6) is 0 Å². The molecule has 1 unspecified atom stereocenters. The van der Waals surface area contributed by atoms with Crippen LogP contribution in [0, 0.1) is 0 Å². The van der Waals surface area contributed by atoms with Crippen molar-refractivity contribution >= 4 is 33.4 Å². The summed E-state index contributed by atoms with van der Waals surface area (Å²) in [7, 11) is 0. The fourth-order valence-electron chi connectivity index (χ4n) is 2.41. The Morgan fingerprint density at radius 2 is 1.80 bits per heavy atom. The first-order chi connectivity index (χ1) is 9.65. The van der Waals surface area contributed by atoms with Gasteiger partial charge in [0, 0.05) is 17.1 Å². The molecule has 4 heteroatoms. The molecule has 0 saturated carbocycles. The van der Waals surface area contributed by atoms with E-state index in [0.29, 0.717) is 0 Å². The zero-order valence-corrected chi connectivity index (χ0v) is 13.0. The molecular weight excluding hydrogens is 338 g/mol. The molecular formula is C16H13BrClNO. The maximum absolute atomic E-state index is 11.9. The Bertz CT molecular complexity index is 654. The lowest BCUT2D eigenvalue weighted by atomic mass is 9.95. The number of hydrogen-bond donors (Lipinski definition) is 1. The molecule has 1 aliphatic heterocycles. The van der Waals surface area contributed by atoms with Crippen molar-refractivity contribution in [3.8, 4) is 0 Å². The molecule has 1 amide bonds. The van der Waals surface area contributed by atoms with Crippen LogP contribution in [0.15, 0.2) is 42.5 Å². The summed E-state index contributed by atoms with van der Waals surface area (Å²) >= 11 is 9.60. The Kier molecular flexibility index (Phi) is 3.81. The zero-order valence-electron chi connectivity index (χ0n) is 10.7. The lowest BCUT2D eigenvalue weighted by Crippen LogP contribution is -2.31. The molecule has 0 saturated heterocycles. The Labute approximate surface area is 131 Å². The van der Waals surface area contributed by atoms with Gasteiger partial charge in [-0.3, -0.25) is 4.79 Å². The fourth-order valence-corrected chi connectivity index (χ4v) is 3.13. The van der Waals surface area contributed by atoms with Crippen molar-refractivity contribution in [2.75, 3.05) is 6.54 Å². The van der Waals surface area contributed by atoms with Crippen molar-refractivity contribution in [1.29, 1.82) is 0 Å². The average molecular weight is 351 g/mol. The van der Waals surface area contributed by atoms with Gasteiger partial charge in [0.15, 0.2) is 0 Å². The monoisotopic (exact) mass is 349 g/mol. The van der Waals surface area contributed by atoms with Crippen molar-refractivity contribution in [2.24, 2.45) is 0 Å². The van der Waals surface area contributed by atoms with E-state index < -0.39 is 0 Å². The average Bonchev–Trinajstić information content (AvgIpc) is 2.47. The van der Waals surface area contributed by atoms with Crippen LogP contribution in [0.1, 0.15) is 31.9 Å². The smallest absolute Gasteiger partial charge is 0.251 e. The third kappa shape index (κ3) is 2.60. The number of hydrogen-bond acceptors (Lipinski definition) is 1. The fraction of sp³-hybridized carbons (Fsp3) is 0.188. The van der Waals surface area contributed by atoms with Crippen LogP contribution in [0.4, 0.5) is 0 Å². The van der Waals surface area contributed by atoms with E-state index >= 15 is 0 Å². The van der Waals surface area contributed by atoms with E-state index in [2.05, 4.69) is 27.3 Å². The molecule has 2 nitrogen and oxygen atoms in total. The largest absolute Gasteiger partial charge is 0.352 e. The number of benzene rings is 2. The van der Waals surface area contributed by atoms with Gasteiger partial charge in [-0.05, 0) is 41.3 Å². The maximum Gasteiger partial charge on any atom is 0.251 e. The van der Waals surface area contributed by atoms with Gasteiger partial charge < -0.3 is 5.32 Å². The lowest BCUT2D eigenvalue weighted by molar-refractivity contribution is 0.0946. The van der Waals surface area contributed by atoms with Crippen molar-refractivity contribution in [3.63, 3.8) is 0 Å².